The summed E-state index contributed by atoms with van der Waals surface area (Å²) >= 11 is 0. The summed E-state index contributed by atoms with van der Waals surface area (Å²) in [5.41, 5.74) is 0. The molecule has 1 aliphatic heterocycles. The molecule has 1 fully saturated rings. The van der Waals surface area contributed by atoms with Gasteiger partial charge >= 0.3 is 0 Å². The molecule has 1 saturated heterocycles. The standard InChI is InChI=1S/C10H13NO3S/c12-9-2-1-3-10(6-9)15(13,14)7-8-4-5-11-8/h1-3,6,8,11-12H,4-5,7H2. The monoisotopic (exact) mass is 227 g/mol. The molecule has 2 N–H and O–H groups in total. The third-order valence-electron chi connectivity index (χ3n) is 2.52. The summed E-state index contributed by atoms with van der Waals surface area (Å²) in [7, 11) is -3.27. The second-order valence-corrected chi connectivity index (χ2v) is 5.75. The lowest BCUT2D eigenvalue weighted by atomic mass is 10.1. The van der Waals surface area contributed by atoms with Crippen molar-refractivity contribution < 1.29 is 13.5 Å². The first kappa shape index (κ1) is 10.4. The minimum Gasteiger partial charge on any atom is -0.508 e. The smallest absolute Gasteiger partial charge is 0.180 e. The molecule has 0 aliphatic carbocycles. The van der Waals surface area contributed by atoms with Crippen LogP contribution >= 0.6 is 0 Å². The van der Waals surface area contributed by atoms with Crippen molar-refractivity contribution in [2.45, 2.75) is 17.4 Å². The van der Waals surface area contributed by atoms with Crippen LogP contribution in [0, 0.1) is 0 Å². The highest BCUT2D eigenvalue weighted by atomic mass is 32.2. The van der Waals surface area contributed by atoms with Gasteiger partial charge in [-0.2, -0.15) is 0 Å². The van der Waals surface area contributed by atoms with E-state index >= 15 is 0 Å². The highest BCUT2D eigenvalue weighted by Crippen LogP contribution is 2.19. The maximum atomic E-state index is 11.8. The minimum absolute atomic E-state index is 0.0161. The van der Waals surface area contributed by atoms with E-state index < -0.39 is 9.84 Å². The number of benzene rings is 1. The lowest BCUT2D eigenvalue weighted by molar-refractivity contribution is 0.398. The van der Waals surface area contributed by atoms with Crippen molar-refractivity contribution in [3.63, 3.8) is 0 Å². The normalized spacial score (nSPS) is 20.9. The summed E-state index contributed by atoms with van der Waals surface area (Å²) in [4.78, 5) is 0.191. The Hall–Kier alpha value is -1.07. The van der Waals surface area contributed by atoms with Gasteiger partial charge in [0.25, 0.3) is 0 Å². The first-order valence-corrected chi connectivity index (χ1v) is 6.48. The van der Waals surface area contributed by atoms with Crippen LogP contribution in [0.5, 0.6) is 5.75 Å². The van der Waals surface area contributed by atoms with E-state index in [0.29, 0.717) is 0 Å². The number of aromatic hydroxyl groups is 1. The van der Waals surface area contributed by atoms with Gasteiger partial charge in [-0.25, -0.2) is 8.42 Å². The van der Waals surface area contributed by atoms with Crippen LogP contribution in [0.1, 0.15) is 6.42 Å². The fourth-order valence-corrected chi connectivity index (χ4v) is 3.12. The van der Waals surface area contributed by atoms with Crippen LogP contribution < -0.4 is 5.32 Å². The van der Waals surface area contributed by atoms with Gasteiger partial charge in [-0.15, -0.1) is 0 Å². The molecule has 2 rings (SSSR count). The molecule has 1 atom stereocenters. The van der Waals surface area contributed by atoms with Crippen LogP contribution in [0.2, 0.25) is 0 Å². The van der Waals surface area contributed by atoms with Crippen LogP contribution in [0.4, 0.5) is 0 Å². The number of hydrogen-bond acceptors (Lipinski definition) is 4. The van der Waals surface area contributed by atoms with Crippen LogP contribution in [0.25, 0.3) is 0 Å². The molecule has 1 aliphatic rings. The van der Waals surface area contributed by atoms with E-state index in [9.17, 15) is 13.5 Å². The molecule has 0 radical (unpaired) electrons. The fraction of sp³-hybridized carbons (Fsp3) is 0.400. The molecule has 5 heteroatoms. The lowest BCUT2D eigenvalue weighted by Crippen LogP contribution is -2.47. The molecule has 0 aromatic heterocycles. The number of sulfone groups is 1. The van der Waals surface area contributed by atoms with Crippen LogP contribution in [-0.2, 0) is 9.84 Å². The van der Waals surface area contributed by atoms with Crippen molar-refractivity contribution in [3.8, 4) is 5.75 Å². The van der Waals surface area contributed by atoms with Crippen LogP contribution in [0.15, 0.2) is 29.2 Å². The first-order valence-electron chi connectivity index (χ1n) is 4.83. The quantitative estimate of drug-likeness (QED) is 0.790. The van der Waals surface area contributed by atoms with Gasteiger partial charge in [-0.05, 0) is 31.2 Å². The second kappa shape index (κ2) is 3.83. The Bertz CT molecular complexity index is 451. The van der Waals surface area contributed by atoms with Gasteiger partial charge in [0.2, 0.25) is 0 Å². The minimum atomic E-state index is -3.27. The number of phenolic OH excluding ortho intramolecular Hbond substituents is 1. The average molecular weight is 227 g/mol. The molecule has 15 heavy (non-hydrogen) atoms. The number of hydrogen-bond donors (Lipinski definition) is 2. The van der Waals surface area contributed by atoms with E-state index in [1.54, 1.807) is 0 Å². The van der Waals surface area contributed by atoms with Gasteiger partial charge in [0.05, 0.1) is 10.6 Å². The van der Waals surface area contributed by atoms with Crippen molar-refractivity contribution >= 4 is 9.84 Å². The summed E-state index contributed by atoms with van der Waals surface area (Å²) in [6.45, 7) is 0.889. The van der Waals surface area contributed by atoms with Crippen molar-refractivity contribution in [3.05, 3.63) is 24.3 Å². The molecule has 1 unspecified atom stereocenters. The number of phenols is 1. The zero-order chi connectivity index (χ0) is 10.9. The van der Waals surface area contributed by atoms with Gasteiger partial charge in [0, 0.05) is 6.04 Å². The lowest BCUT2D eigenvalue weighted by Gasteiger charge is -2.27. The molecule has 0 amide bonds. The van der Waals surface area contributed by atoms with Crippen molar-refractivity contribution in [1.82, 2.24) is 5.32 Å². The van der Waals surface area contributed by atoms with Crippen molar-refractivity contribution in [2.75, 3.05) is 12.3 Å². The zero-order valence-corrected chi connectivity index (χ0v) is 9.00. The maximum Gasteiger partial charge on any atom is 0.180 e. The Kier molecular flexibility index (Phi) is 2.67. The van der Waals surface area contributed by atoms with Crippen LogP contribution in [0.3, 0.4) is 0 Å². The van der Waals surface area contributed by atoms with Gasteiger partial charge in [-0.1, -0.05) is 6.07 Å². The Morgan fingerprint density at radius 2 is 2.20 bits per heavy atom. The average Bonchev–Trinajstić information content (AvgIpc) is 2.12. The first-order chi connectivity index (χ1) is 7.08. The summed E-state index contributed by atoms with van der Waals surface area (Å²) in [5.74, 6) is 0.0915. The Morgan fingerprint density at radius 3 is 2.73 bits per heavy atom. The molecule has 0 bridgehead atoms. The van der Waals surface area contributed by atoms with E-state index in [4.69, 9.17) is 0 Å². The van der Waals surface area contributed by atoms with Gasteiger partial charge in [0.1, 0.15) is 5.75 Å². The largest absolute Gasteiger partial charge is 0.508 e. The van der Waals surface area contributed by atoms with Crippen LogP contribution in [-0.4, -0.2) is 31.9 Å². The third-order valence-corrected chi connectivity index (χ3v) is 4.34. The molecule has 1 heterocycles. The Labute approximate surface area is 88.9 Å². The van der Waals surface area contributed by atoms with Gasteiger partial charge in [-0.3, -0.25) is 0 Å². The molecular weight excluding hydrogens is 214 g/mol. The summed E-state index contributed by atoms with van der Waals surface area (Å²) < 4.78 is 23.7. The predicted molar refractivity (Wildman–Crippen MR) is 56.6 cm³/mol. The molecule has 1 aromatic carbocycles. The molecule has 4 nitrogen and oxygen atoms in total. The Balaban J connectivity index is 2.20. The number of nitrogens with one attached hydrogen (secondary N) is 1. The van der Waals surface area contributed by atoms with Crippen molar-refractivity contribution in [2.24, 2.45) is 0 Å². The predicted octanol–water partition coefficient (Wildman–Crippen LogP) is 0.528. The number of rotatable bonds is 3. The van der Waals surface area contributed by atoms with Gasteiger partial charge in [0.15, 0.2) is 9.84 Å². The SMILES string of the molecule is O=S(=O)(CC1CCN1)c1cccc(O)c1. The van der Waals surface area contributed by atoms with E-state index in [1.165, 1.54) is 24.3 Å². The van der Waals surface area contributed by atoms with E-state index in [0.717, 1.165) is 13.0 Å². The molecule has 82 valence electrons. The topological polar surface area (TPSA) is 66.4 Å². The highest BCUT2D eigenvalue weighted by Gasteiger charge is 2.25. The molecule has 0 spiro atoms. The summed E-state index contributed by atoms with van der Waals surface area (Å²) in [6, 6.07) is 5.86. The van der Waals surface area contributed by atoms with E-state index in [-0.39, 0.29) is 22.4 Å². The maximum absolute atomic E-state index is 11.8. The van der Waals surface area contributed by atoms with Crippen molar-refractivity contribution in [1.29, 1.82) is 0 Å². The summed E-state index contributed by atoms with van der Waals surface area (Å²) in [5, 5.41) is 12.2. The van der Waals surface area contributed by atoms with Gasteiger partial charge < -0.3 is 10.4 Å². The molecular formula is C10H13NO3S. The molecule has 1 aromatic rings. The van der Waals surface area contributed by atoms with E-state index in [2.05, 4.69) is 5.32 Å². The third kappa shape index (κ3) is 2.30. The molecule has 0 saturated carbocycles. The fourth-order valence-electron chi connectivity index (χ4n) is 1.53. The second-order valence-electron chi connectivity index (χ2n) is 3.72. The highest BCUT2D eigenvalue weighted by molar-refractivity contribution is 7.91. The zero-order valence-electron chi connectivity index (χ0n) is 8.18. The summed E-state index contributed by atoms with van der Waals surface area (Å²) in [6.07, 6.45) is 0.901. The Morgan fingerprint density at radius 1 is 1.47 bits per heavy atom. The van der Waals surface area contributed by atoms with E-state index in [1.807, 2.05) is 0 Å².